The van der Waals surface area contributed by atoms with Gasteiger partial charge in [-0.1, -0.05) is 0 Å². The largest absolute Gasteiger partial charge is 0.370 e. The number of nitrogens with zero attached hydrogens (tertiary/aromatic N) is 1. The van der Waals surface area contributed by atoms with Gasteiger partial charge in [0.25, 0.3) is 0 Å². The number of carbonyl (C=O) groups excluding carboxylic acids is 1. The second-order valence-electron chi connectivity index (χ2n) is 9.40. The molecule has 1 aromatic rings. The zero-order valence-corrected chi connectivity index (χ0v) is 16.5. The van der Waals surface area contributed by atoms with E-state index in [0.717, 1.165) is 50.9 Å². The van der Waals surface area contributed by atoms with Gasteiger partial charge in [0.1, 0.15) is 17.7 Å². The number of benzene rings is 1. The van der Waals surface area contributed by atoms with Crippen LogP contribution in [0.5, 0.6) is 0 Å². The molecule has 1 amide bonds. The Morgan fingerprint density at radius 3 is 2.52 bits per heavy atom. The van der Waals surface area contributed by atoms with Crippen LogP contribution >= 0.6 is 0 Å². The van der Waals surface area contributed by atoms with E-state index in [1.807, 2.05) is 0 Å². The molecule has 0 spiro atoms. The van der Waals surface area contributed by atoms with Crippen LogP contribution in [0.25, 0.3) is 0 Å². The number of hydrogen-bond acceptors (Lipinski definition) is 4. The van der Waals surface area contributed by atoms with Crippen molar-refractivity contribution in [3.05, 3.63) is 35.4 Å². The highest BCUT2D eigenvalue weighted by Gasteiger charge is 2.45. The van der Waals surface area contributed by atoms with Gasteiger partial charge in [-0.05, 0) is 62.1 Å². The van der Waals surface area contributed by atoms with Gasteiger partial charge in [-0.25, -0.2) is 8.78 Å². The van der Waals surface area contributed by atoms with Crippen LogP contribution in [0.2, 0.25) is 0 Å². The number of ether oxygens (including phenoxy) is 1. The summed E-state index contributed by atoms with van der Waals surface area (Å²) in [5.41, 5.74) is 6.54. The Hall–Kier alpha value is -1.57. The number of carbonyl (C=O) groups is 1. The second-order valence-corrected chi connectivity index (χ2v) is 9.40. The van der Waals surface area contributed by atoms with Crippen molar-refractivity contribution in [2.45, 2.75) is 56.3 Å². The average Bonchev–Trinajstić information content (AvgIpc) is 3.37. The van der Waals surface area contributed by atoms with Gasteiger partial charge in [0.05, 0.1) is 6.61 Å². The maximum atomic E-state index is 14.1. The molecule has 2 heterocycles. The first-order valence-corrected chi connectivity index (χ1v) is 10.8. The van der Waals surface area contributed by atoms with Crippen LogP contribution in [0.4, 0.5) is 8.78 Å². The highest BCUT2D eigenvalue weighted by molar-refractivity contribution is 5.81. The summed E-state index contributed by atoms with van der Waals surface area (Å²) in [5, 5.41) is 3.24. The molecule has 5 rings (SSSR count). The van der Waals surface area contributed by atoms with Gasteiger partial charge >= 0.3 is 0 Å². The van der Waals surface area contributed by atoms with Gasteiger partial charge in [0.15, 0.2) is 0 Å². The van der Waals surface area contributed by atoms with Crippen molar-refractivity contribution in [3.8, 4) is 0 Å². The van der Waals surface area contributed by atoms with Gasteiger partial charge < -0.3 is 15.8 Å². The van der Waals surface area contributed by atoms with Crippen LogP contribution in [0.15, 0.2) is 18.2 Å². The van der Waals surface area contributed by atoms with E-state index in [4.69, 9.17) is 10.5 Å². The average molecular weight is 405 g/mol. The lowest BCUT2D eigenvalue weighted by Crippen LogP contribution is -2.49. The molecule has 2 aliphatic carbocycles. The number of nitrogens with one attached hydrogen (secondary N) is 1. The maximum Gasteiger partial charge on any atom is 0.223 e. The number of amides is 1. The molecule has 0 radical (unpaired) electrons. The molecule has 4 aliphatic rings. The van der Waals surface area contributed by atoms with Crippen molar-refractivity contribution < 1.29 is 18.3 Å². The molecule has 5 atom stereocenters. The Balaban J connectivity index is 1.15. The number of fused-ring (bicyclic) bond motifs is 1. The molecule has 5 unspecified atom stereocenters. The fourth-order valence-electron chi connectivity index (χ4n) is 5.57. The van der Waals surface area contributed by atoms with Crippen molar-refractivity contribution in [2.75, 3.05) is 19.7 Å². The van der Waals surface area contributed by atoms with Gasteiger partial charge in [0.2, 0.25) is 5.91 Å². The van der Waals surface area contributed by atoms with Crippen molar-refractivity contribution in [2.24, 2.45) is 23.5 Å². The Bertz CT molecular complexity index is 773. The summed E-state index contributed by atoms with van der Waals surface area (Å²) in [6.45, 7) is 2.48. The number of halogens is 2. The lowest BCUT2D eigenvalue weighted by molar-refractivity contribution is -0.123. The first-order chi connectivity index (χ1) is 14.0. The maximum absolute atomic E-state index is 14.1. The highest BCUT2D eigenvalue weighted by atomic mass is 19.1. The van der Waals surface area contributed by atoms with E-state index in [1.165, 1.54) is 6.07 Å². The van der Waals surface area contributed by atoms with Crippen molar-refractivity contribution >= 4 is 5.91 Å². The predicted molar refractivity (Wildman–Crippen MR) is 104 cm³/mol. The zero-order chi connectivity index (χ0) is 20.1. The van der Waals surface area contributed by atoms with Crippen LogP contribution in [0.1, 0.15) is 43.8 Å². The van der Waals surface area contributed by atoms with Gasteiger partial charge in [-0.15, -0.1) is 0 Å². The Morgan fingerprint density at radius 1 is 1.14 bits per heavy atom. The van der Waals surface area contributed by atoms with Crippen LogP contribution in [0, 0.1) is 29.4 Å². The fourth-order valence-corrected chi connectivity index (χ4v) is 5.57. The quantitative estimate of drug-likeness (QED) is 0.807. The molecule has 7 heteroatoms. The minimum atomic E-state index is -0.605. The summed E-state index contributed by atoms with van der Waals surface area (Å²) in [4.78, 5) is 14.5. The standard InChI is InChI=1S/C22H29F2N3O2/c23-15-3-4-19(24)18(7-15)21-20(25)8-17(11-29-21)27-9-13-5-16(6-14(13)10-27)26-22(28)12-1-2-12/h3-4,7,12-14,16-17,20-21H,1-2,5-6,8-11,25H2,(H,26,28). The van der Waals surface area contributed by atoms with Crippen molar-refractivity contribution in [1.82, 2.24) is 10.2 Å². The third-order valence-corrected chi connectivity index (χ3v) is 7.26. The van der Waals surface area contributed by atoms with E-state index in [0.29, 0.717) is 30.9 Å². The molecule has 158 valence electrons. The molecule has 2 saturated heterocycles. The molecule has 0 aromatic heterocycles. The SMILES string of the molecule is NC1CC(N2CC3CC(NC(=O)C4CC4)CC3C2)COC1c1cc(F)ccc1F. The van der Waals surface area contributed by atoms with Crippen LogP contribution < -0.4 is 11.1 Å². The number of rotatable bonds is 4. The predicted octanol–water partition coefficient (Wildman–Crippen LogP) is 2.36. The summed E-state index contributed by atoms with van der Waals surface area (Å²) in [5.74, 6) is 0.774. The molecule has 1 aromatic carbocycles. The van der Waals surface area contributed by atoms with Crippen LogP contribution in [0.3, 0.4) is 0 Å². The molecule has 29 heavy (non-hydrogen) atoms. The van der Waals surface area contributed by atoms with Gasteiger partial charge in [0, 0.05) is 42.7 Å². The smallest absolute Gasteiger partial charge is 0.223 e. The number of likely N-dealkylation sites (tertiary alicyclic amines) is 1. The minimum Gasteiger partial charge on any atom is -0.370 e. The topological polar surface area (TPSA) is 67.6 Å². The third-order valence-electron chi connectivity index (χ3n) is 7.26. The normalized spacial score (nSPS) is 37.5. The van der Waals surface area contributed by atoms with Crippen LogP contribution in [-0.2, 0) is 9.53 Å². The Kier molecular flexibility index (Phi) is 5.08. The monoisotopic (exact) mass is 405 g/mol. The summed E-state index contributed by atoms with van der Waals surface area (Å²) in [7, 11) is 0. The first-order valence-electron chi connectivity index (χ1n) is 10.8. The zero-order valence-electron chi connectivity index (χ0n) is 16.5. The van der Waals surface area contributed by atoms with Crippen molar-refractivity contribution in [1.29, 1.82) is 0 Å². The molecule has 2 saturated carbocycles. The minimum absolute atomic E-state index is 0.211. The molecule has 0 bridgehead atoms. The molecular formula is C22H29F2N3O2. The van der Waals surface area contributed by atoms with E-state index in [-0.39, 0.29) is 29.5 Å². The Morgan fingerprint density at radius 2 is 1.86 bits per heavy atom. The summed E-state index contributed by atoms with van der Waals surface area (Å²) in [6, 6.07) is 3.60. The molecule has 5 nitrogen and oxygen atoms in total. The van der Waals surface area contributed by atoms with Crippen LogP contribution in [-0.4, -0.2) is 48.6 Å². The molecule has 4 fully saturated rings. The summed E-state index contributed by atoms with van der Waals surface area (Å²) >= 11 is 0. The first kappa shape index (κ1) is 19.4. The second kappa shape index (κ2) is 7.60. The van der Waals surface area contributed by atoms with E-state index in [2.05, 4.69) is 10.2 Å². The van der Waals surface area contributed by atoms with Crippen molar-refractivity contribution in [3.63, 3.8) is 0 Å². The molecule has 3 N–H and O–H groups in total. The van der Waals surface area contributed by atoms with Gasteiger partial charge in [-0.3, -0.25) is 9.69 Å². The Labute approximate surface area is 170 Å². The summed E-state index contributed by atoms with van der Waals surface area (Å²) in [6.07, 6.45) is 4.30. The summed E-state index contributed by atoms with van der Waals surface area (Å²) < 4.78 is 33.6. The molecular weight excluding hydrogens is 376 g/mol. The van der Waals surface area contributed by atoms with E-state index in [9.17, 15) is 13.6 Å². The van der Waals surface area contributed by atoms with Gasteiger partial charge in [-0.2, -0.15) is 0 Å². The van der Waals surface area contributed by atoms with E-state index >= 15 is 0 Å². The highest BCUT2D eigenvalue weighted by Crippen LogP contribution is 2.41. The lowest BCUT2D eigenvalue weighted by atomic mass is 9.93. The van der Waals surface area contributed by atoms with E-state index in [1.54, 1.807) is 0 Å². The fraction of sp³-hybridized carbons (Fsp3) is 0.682. The van der Waals surface area contributed by atoms with E-state index < -0.39 is 17.7 Å². The number of nitrogens with two attached hydrogens (primary N) is 1. The lowest BCUT2D eigenvalue weighted by Gasteiger charge is -2.39. The number of hydrogen-bond donors (Lipinski definition) is 2. The third kappa shape index (κ3) is 3.92. The molecule has 2 aliphatic heterocycles.